The Labute approximate surface area is 201 Å². The Kier molecular flexibility index (Phi) is 5.48. The zero-order chi connectivity index (χ0) is 23.4. The van der Waals surface area contributed by atoms with Gasteiger partial charge in [-0.25, -0.2) is 19.0 Å². The van der Waals surface area contributed by atoms with Crippen LogP contribution >= 0.6 is 11.8 Å². The molecule has 8 nitrogen and oxygen atoms in total. The number of halogens is 1. The second-order valence-electron chi connectivity index (χ2n) is 9.81. The molecule has 0 radical (unpaired) electrons. The lowest BCUT2D eigenvalue weighted by atomic mass is 9.64. The highest BCUT2D eigenvalue weighted by molar-refractivity contribution is 7.98. The lowest BCUT2D eigenvalue weighted by Gasteiger charge is -2.36. The lowest BCUT2D eigenvalue weighted by molar-refractivity contribution is -0.128. The fourth-order valence-electron chi connectivity index (χ4n) is 6.15. The second kappa shape index (κ2) is 8.41. The zero-order valence-corrected chi connectivity index (χ0v) is 20.3. The lowest BCUT2D eigenvalue weighted by Crippen LogP contribution is -2.41. The van der Waals surface area contributed by atoms with E-state index in [1.807, 2.05) is 13.2 Å². The molecule has 3 aromatic heterocycles. The molecule has 1 spiro atoms. The van der Waals surface area contributed by atoms with Crippen LogP contribution in [0.2, 0.25) is 0 Å². The van der Waals surface area contributed by atoms with E-state index < -0.39 is 11.6 Å². The zero-order valence-electron chi connectivity index (χ0n) is 19.5. The number of hydrogen-bond acceptors (Lipinski definition) is 8. The van der Waals surface area contributed by atoms with Crippen molar-refractivity contribution in [2.75, 3.05) is 12.8 Å². The standard InChI is InChI=1S/C24H29FN6O2S/c1-13(18-16(25)8-11-26-18)31-22-15(12-27-31)23(34-2)29-21(28-22)19-14-6-5-10-24(20(14)33-30-19)9-4-3-7-17(24)32/h12-13,16,18,26H,3-11H2,1-2H3/t13?,16-,18+,24+/m0/s1. The van der Waals surface area contributed by atoms with Gasteiger partial charge in [0.15, 0.2) is 22.9 Å². The summed E-state index contributed by atoms with van der Waals surface area (Å²) < 4.78 is 22.2. The number of hydrogen-bond donors (Lipinski definition) is 1. The van der Waals surface area contributed by atoms with Gasteiger partial charge in [0.25, 0.3) is 0 Å². The van der Waals surface area contributed by atoms with Crippen LogP contribution in [0.4, 0.5) is 4.39 Å². The quantitative estimate of drug-likeness (QED) is 0.435. The molecule has 4 atom stereocenters. The maximum Gasteiger partial charge on any atom is 0.185 e. The molecule has 6 rings (SSSR count). The number of aromatic nitrogens is 5. The molecule has 0 bridgehead atoms. The molecule has 1 saturated carbocycles. The van der Waals surface area contributed by atoms with Crippen molar-refractivity contribution in [3.8, 4) is 11.5 Å². The molecular formula is C24H29FN6O2S. The number of rotatable bonds is 4. The number of alkyl halides is 1. The third-order valence-electron chi connectivity index (χ3n) is 7.96. The molecule has 34 heavy (non-hydrogen) atoms. The van der Waals surface area contributed by atoms with Crippen molar-refractivity contribution < 1.29 is 13.7 Å². The fraction of sp³-hybridized carbons (Fsp3) is 0.625. The number of Topliss-reactive ketones (excluding diaryl/α,β-unsaturated/α-hetero) is 1. The monoisotopic (exact) mass is 484 g/mol. The smallest absolute Gasteiger partial charge is 0.185 e. The maximum absolute atomic E-state index is 14.5. The minimum Gasteiger partial charge on any atom is -0.359 e. The van der Waals surface area contributed by atoms with Crippen molar-refractivity contribution in [1.29, 1.82) is 0 Å². The summed E-state index contributed by atoms with van der Waals surface area (Å²) >= 11 is 1.52. The van der Waals surface area contributed by atoms with Crippen molar-refractivity contribution >= 4 is 28.6 Å². The number of fused-ring (bicyclic) bond motifs is 3. The van der Waals surface area contributed by atoms with Gasteiger partial charge in [-0.1, -0.05) is 11.6 Å². The van der Waals surface area contributed by atoms with Gasteiger partial charge in [-0.15, -0.1) is 11.8 Å². The third-order valence-corrected chi connectivity index (χ3v) is 8.66. The van der Waals surface area contributed by atoms with E-state index in [1.165, 1.54) is 11.8 Å². The van der Waals surface area contributed by atoms with Gasteiger partial charge < -0.3 is 9.84 Å². The van der Waals surface area contributed by atoms with E-state index in [1.54, 1.807) is 10.9 Å². The Morgan fingerprint density at radius 1 is 1.26 bits per heavy atom. The van der Waals surface area contributed by atoms with E-state index in [-0.39, 0.29) is 17.9 Å². The first-order valence-electron chi connectivity index (χ1n) is 12.2. The summed E-state index contributed by atoms with van der Waals surface area (Å²) in [5.74, 6) is 1.48. The molecule has 1 aliphatic heterocycles. The highest BCUT2D eigenvalue weighted by atomic mass is 32.2. The van der Waals surface area contributed by atoms with Crippen LogP contribution in [0.15, 0.2) is 15.7 Å². The summed E-state index contributed by atoms with van der Waals surface area (Å²) in [6.07, 6.45) is 9.28. The van der Waals surface area contributed by atoms with Gasteiger partial charge in [0.1, 0.15) is 17.0 Å². The first-order valence-corrected chi connectivity index (χ1v) is 13.5. The Hall–Kier alpha value is -2.33. The fourth-order valence-corrected chi connectivity index (χ4v) is 6.69. The van der Waals surface area contributed by atoms with Crippen molar-refractivity contribution in [3.05, 3.63) is 17.5 Å². The number of thioether (sulfide) groups is 1. The van der Waals surface area contributed by atoms with Crippen LogP contribution in [0.1, 0.15) is 69.2 Å². The molecule has 180 valence electrons. The van der Waals surface area contributed by atoms with E-state index in [0.717, 1.165) is 60.3 Å². The molecule has 10 heteroatoms. The van der Waals surface area contributed by atoms with Crippen LogP contribution in [-0.2, 0) is 16.6 Å². The van der Waals surface area contributed by atoms with Crippen LogP contribution in [0.5, 0.6) is 0 Å². The van der Waals surface area contributed by atoms with Crippen molar-refractivity contribution in [1.82, 2.24) is 30.2 Å². The SMILES string of the molecule is CSc1nc(-c2noc3c2CCC[C@@]32CCCCC2=O)nc2c1cnn2C(C)[C@H]1NCC[C@@H]1F. The van der Waals surface area contributed by atoms with Gasteiger partial charge >= 0.3 is 0 Å². The molecule has 1 saturated heterocycles. The molecule has 2 fully saturated rings. The van der Waals surface area contributed by atoms with E-state index in [0.29, 0.717) is 36.6 Å². The predicted molar refractivity (Wildman–Crippen MR) is 127 cm³/mol. The minimum atomic E-state index is -0.914. The van der Waals surface area contributed by atoms with Crippen LogP contribution in [0.3, 0.4) is 0 Å². The topological polar surface area (TPSA) is 98.7 Å². The highest BCUT2D eigenvalue weighted by Gasteiger charge is 2.48. The average Bonchev–Trinajstić information content (AvgIpc) is 3.58. The number of carbonyl (C=O) groups excluding carboxylic acids is 1. The van der Waals surface area contributed by atoms with E-state index in [4.69, 9.17) is 14.5 Å². The van der Waals surface area contributed by atoms with Crippen molar-refractivity contribution in [3.63, 3.8) is 0 Å². The van der Waals surface area contributed by atoms with Crippen LogP contribution in [-0.4, -0.2) is 55.7 Å². The van der Waals surface area contributed by atoms with Crippen LogP contribution in [0.25, 0.3) is 22.6 Å². The Balaban J connectivity index is 1.46. The first-order chi connectivity index (χ1) is 16.5. The molecule has 1 unspecified atom stereocenters. The molecule has 0 aromatic carbocycles. The summed E-state index contributed by atoms with van der Waals surface area (Å²) in [7, 11) is 0. The second-order valence-corrected chi connectivity index (χ2v) is 10.6. The van der Waals surface area contributed by atoms with Crippen molar-refractivity contribution in [2.45, 2.75) is 87.0 Å². The number of nitrogens with zero attached hydrogens (tertiary/aromatic N) is 5. The predicted octanol–water partition coefficient (Wildman–Crippen LogP) is 4.18. The summed E-state index contributed by atoms with van der Waals surface area (Å²) in [6.45, 7) is 2.64. The molecule has 2 aliphatic carbocycles. The Bertz CT molecular complexity index is 1260. The van der Waals surface area contributed by atoms with Gasteiger partial charge in [-0.05, 0) is 58.2 Å². The molecule has 0 amide bonds. The van der Waals surface area contributed by atoms with E-state index in [2.05, 4.69) is 15.6 Å². The number of carbonyl (C=O) groups is 1. The molecule has 3 aliphatic rings. The highest BCUT2D eigenvalue weighted by Crippen LogP contribution is 2.47. The Morgan fingerprint density at radius 3 is 2.88 bits per heavy atom. The van der Waals surface area contributed by atoms with Crippen molar-refractivity contribution in [2.24, 2.45) is 0 Å². The van der Waals surface area contributed by atoms with Crippen LogP contribution < -0.4 is 5.32 Å². The first kappa shape index (κ1) is 22.2. The summed E-state index contributed by atoms with van der Waals surface area (Å²) in [5, 5.41) is 13.9. The molecular weight excluding hydrogens is 455 g/mol. The van der Waals surface area contributed by atoms with Gasteiger partial charge in [0, 0.05) is 12.0 Å². The summed E-state index contributed by atoms with van der Waals surface area (Å²) in [5.41, 5.74) is 1.71. The largest absolute Gasteiger partial charge is 0.359 e. The van der Waals surface area contributed by atoms with Gasteiger partial charge in [0.05, 0.1) is 29.1 Å². The average molecular weight is 485 g/mol. The van der Waals surface area contributed by atoms with E-state index >= 15 is 0 Å². The normalized spacial score (nSPS) is 28.0. The minimum absolute atomic E-state index is 0.207. The van der Waals surface area contributed by atoms with Gasteiger partial charge in [-0.3, -0.25) is 4.79 Å². The summed E-state index contributed by atoms with van der Waals surface area (Å²) in [6, 6.07) is -0.516. The maximum atomic E-state index is 14.5. The number of nitrogens with one attached hydrogen (secondary N) is 1. The van der Waals surface area contributed by atoms with Gasteiger partial charge in [-0.2, -0.15) is 5.10 Å². The molecule has 4 heterocycles. The summed E-state index contributed by atoms with van der Waals surface area (Å²) in [4.78, 5) is 22.7. The third kappa shape index (κ3) is 3.25. The number of ketones is 1. The van der Waals surface area contributed by atoms with E-state index in [9.17, 15) is 9.18 Å². The molecule has 1 N–H and O–H groups in total. The Morgan fingerprint density at radius 2 is 2.12 bits per heavy atom. The molecule has 3 aromatic rings. The van der Waals surface area contributed by atoms with Gasteiger partial charge in [0.2, 0.25) is 0 Å². The van der Waals surface area contributed by atoms with Crippen LogP contribution in [0, 0.1) is 0 Å².